The molecular formula is C20H19ClN2O2. The number of nitrogens with one attached hydrogen (secondary N) is 1. The van der Waals surface area contributed by atoms with E-state index in [9.17, 15) is 4.79 Å². The van der Waals surface area contributed by atoms with E-state index in [-0.39, 0.29) is 12.5 Å². The van der Waals surface area contributed by atoms with Gasteiger partial charge in [-0.2, -0.15) is 0 Å². The summed E-state index contributed by atoms with van der Waals surface area (Å²) in [5.74, 6) is 0.432. The first-order valence-electron chi connectivity index (χ1n) is 7.91. The molecule has 128 valence electrons. The summed E-state index contributed by atoms with van der Waals surface area (Å²) in [6.45, 7) is 0.212. The molecule has 3 rings (SSSR count). The van der Waals surface area contributed by atoms with E-state index in [1.807, 2.05) is 36.2 Å². The molecule has 0 spiro atoms. The fourth-order valence-corrected chi connectivity index (χ4v) is 2.98. The van der Waals surface area contributed by atoms with E-state index in [0.717, 1.165) is 16.5 Å². The maximum Gasteiger partial charge on any atom is 0.243 e. The minimum Gasteiger partial charge on any atom is -0.495 e. The Bertz CT molecular complexity index is 906. The Balaban J connectivity index is 1.78. The Morgan fingerprint density at radius 3 is 2.68 bits per heavy atom. The van der Waals surface area contributed by atoms with Gasteiger partial charge in [0.05, 0.1) is 19.3 Å². The van der Waals surface area contributed by atoms with Crippen molar-refractivity contribution >= 4 is 39.7 Å². The molecule has 3 aromatic rings. The van der Waals surface area contributed by atoms with E-state index >= 15 is 0 Å². The van der Waals surface area contributed by atoms with E-state index in [1.54, 1.807) is 25.3 Å². The number of hydrogen-bond donors (Lipinski definition) is 1. The third-order valence-electron chi connectivity index (χ3n) is 3.99. The average Bonchev–Trinajstić information content (AvgIpc) is 2.61. The van der Waals surface area contributed by atoms with Crippen LogP contribution in [0.5, 0.6) is 5.75 Å². The van der Waals surface area contributed by atoms with Crippen molar-refractivity contribution in [2.75, 3.05) is 30.9 Å². The zero-order valence-electron chi connectivity index (χ0n) is 14.1. The van der Waals surface area contributed by atoms with Gasteiger partial charge in [-0.1, -0.05) is 48.0 Å². The zero-order valence-corrected chi connectivity index (χ0v) is 14.9. The lowest BCUT2D eigenvalue weighted by molar-refractivity contribution is -0.114. The molecule has 25 heavy (non-hydrogen) atoms. The number of fused-ring (bicyclic) bond motifs is 1. The monoisotopic (exact) mass is 354 g/mol. The number of carbonyl (C=O) groups excluding carboxylic acids is 1. The summed E-state index contributed by atoms with van der Waals surface area (Å²) in [7, 11) is 3.46. The number of benzene rings is 3. The molecule has 0 aliphatic carbocycles. The minimum atomic E-state index is -0.143. The van der Waals surface area contributed by atoms with Crippen molar-refractivity contribution in [3.05, 3.63) is 65.7 Å². The van der Waals surface area contributed by atoms with Crippen molar-refractivity contribution in [1.82, 2.24) is 0 Å². The van der Waals surface area contributed by atoms with Crippen molar-refractivity contribution < 1.29 is 9.53 Å². The first kappa shape index (κ1) is 17.1. The second-order valence-electron chi connectivity index (χ2n) is 5.75. The molecule has 1 N–H and O–H groups in total. The van der Waals surface area contributed by atoms with E-state index in [0.29, 0.717) is 16.5 Å². The minimum absolute atomic E-state index is 0.143. The van der Waals surface area contributed by atoms with Crippen LogP contribution < -0.4 is 15.0 Å². The molecule has 0 aliphatic heterocycles. The van der Waals surface area contributed by atoms with Gasteiger partial charge in [0.2, 0.25) is 5.91 Å². The summed E-state index contributed by atoms with van der Waals surface area (Å²) >= 11 is 6.01. The Morgan fingerprint density at radius 1 is 1.12 bits per heavy atom. The van der Waals surface area contributed by atoms with Crippen LogP contribution >= 0.6 is 11.6 Å². The molecule has 0 saturated carbocycles. The molecule has 0 atom stereocenters. The van der Waals surface area contributed by atoms with Gasteiger partial charge in [0.15, 0.2) is 0 Å². The molecule has 0 bridgehead atoms. The van der Waals surface area contributed by atoms with Crippen molar-refractivity contribution in [2.45, 2.75) is 0 Å². The smallest absolute Gasteiger partial charge is 0.243 e. The maximum absolute atomic E-state index is 12.5. The molecule has 5 heteroatoms. The average molecular weight is 355 g/mol. The number of nitrogens with zero attached hydrogens (tertiary/aromatic N) is 1. The number of likely N-dealkylation sites (N-methyl/N-ethyl adjacent to an activating group) is 1. The molecule has 0 saturated heterocycles. The molecule has 0 unspecified atom stereocenters. The van der Waals surface area contributed by atoms with Gasteiger partial charge in [-0.3, -0.25) is 4.79 Å². The quantitative estimate of drug-likeness (QED) is 0.729. The maximum atomic E-state index is 12.5. The van der Waals surface area contributed by atoms with Gasteiger partial charge < -0.3 is 15.0 Å². The largest absolute Gasteiger partial charge is 0.495 e. The molecular weight excluding hydrogens is 336 g/mol. The highest BCUT2D eigenvalue weighted by Crippen LogP contribution is 2.28. The van der Waals surface area contributed by atoms with Gasteiger partial charge >= 0.3 is 0 Å². The summed E-state index contributed by atoms with van der Waals surface area (Å²) < 4.78 is 5.26. The molecule has 0 heterocycles. The number of methoxy groups -OCH3 is 1. The van der Waals surface area contributed by atoms with Gasteiger partial charge in [-0.25, -0.2) is 0 Å². The molecule has 4 nitrogen and oxygen atoms in total. The number of ether oxygens (including phenoxy) is 1. The fraction of sp³-hybridized carbons (Fsp3) is 0.150. The Kier molecular flexibility index (Phi) is 5.10. The number of carbonyl (C=O) groups is 1. The zero-order chi connectivity index (χ0) is 17.8. The highest BCUT2D eigenvalue weighted by molar-refractivity contribution is 6.31. The number of amides is 1. The Labute approximate surface area is 152 Å². The van der Waals surface area contributed by atoms with E-state index in [4.69, 9.17) is 16.3 Å². The lowest BCUT2D eigenvalue weighted by atomic mass is 10.1. The Hall–Kier alpha value is -2.72. The van der Waals surface area contributed by atoms with Crippen molar-refractivity contribution in [3.63, 3.8) is 0 Å². The first-order valence-corrected chi connectivity index (χ1v) is 8.28. The molecule has 0 aromatic heterocycles. The predicted octanol–water partition coefficient (Wildman–Crippen LogP) is 4.58. The van der Waals surface area contributed by atoms with Crippen molar-refractivity contribution in [2.24, 2.45) is 0 Å². The van der Waals surface area contributed by atoms with E-state index in [1.165, 1.54) is 0 Å². The van der Waals surface area contributed by atoms with Crippen LogP contribution in [0.2, 0.25) is 5.02 Å². The summed E-state index contributed by atoms with van der Waals surface area (Å²) in [5.41, 5.74) is 1.57. The van der Waals surface area contributed by atoms with E-state index < -0.39 is 0 Å². The van der Waals surface area contributed by atoms with Crippen molar-refractivity contribution in [1.29, 1.82) is 0 Å². The predicted molar refractivity (Wildman–Crippen MR) is 104 cm³/mol. The SMILES string of the molecule is COc1ccc(Cl)cc1NC(=O)CN(C)c1cccc2ccccc12. The number of hydrogen-bond acceptors (Lipinski definition) is 3. The molecule has 0 fully saturated rings. The number of halogens is 1. The third kappa shape index (κ3) is 3.86. The fourth-order valence-electron chi connectivity index (χ4n) is 2.81. The van der Waals surface area contributed by atoms with Crippen LogP contribution in [-0.2, 0) is 4.79 Å². The van der Waals surface area contributed by atoms with Crippen LogP contribution in [0.25, 0.3) is 10.8 Å². The lowest BCUT2D eigenvalue weighted by Gasteiger charge is -2.21. The Morgan fingerprint density at radius 2 is 1.88 bits per heavy atom. The second-order valence-corrected chi connectivity index (χ2v) is 6.18. The number of rotatable bonds is 5. The topological polar surface area (TPSA) is 41.6 Å². The highest BCUT2D eigenvalue weighted by Gasteiger charge is 2.12. The second kappa shape index (κ2) is 7.45. The summed E-state index contributed by atoms with van der Waals surface area (Å²) in [5, 5.41) is 5.66. The van der Waals surface area contributed by atoms with Crippen molar-refractivity contribution in [3.8, 4) is 5.75 Å². The van der Waals surface area contributed by atoms with Crippen LogP contribution in [0.1, 0.15) is 0 Å². The van der Waals surface area contributed by atoms with Crippen LogP contribution in [0.15, 0.2) is 60.7 Å². The highest BCUT2D eigenvalue weighted by atomic mass is 35.5. The summed E-state index contributed by atoms with van der Waals surface area (Å²) in [6.07, 6.45) is 0. The summed E-state index contributed by atoms with van der Waals surface area (Å²) in [6, 6.07) is 19.3. The van der Waals surface area contributed by atoms with Crippen LogP contribution in [0.4, 0.5) is 11.4 Å². The molecule has 1 amide bonds. The van der Waals surface area contributed by atoms with Gasteiger partial charge in [-0.05, 0) is 29.7 Å². The third-order valence-corrected chi connectivity index (χ3v) is 4.23. The number of anilines is 2. The van der Waals surface area contributed by atoms with Crippen LogP contribution in [0, 0.1) is 0 Å². The normalized spacial score (nSPS) is 10.5. The van der Waals surface area contributed by atoms with E-state index in [2.05, 4.69) is 23.5 Å². The first-order chi connectivity index (χ1) is 12.1. The molecule has 0 radical (unpaired) electrons. The molecule has 0 aliphatic rings. The van der Waals surface area contributed by atoms with Crippen LogP contribution in [0.3, 0.4) is 0 Å². The van der Waals surface area contributed by atoms with Gasteiger partial charge in [0.25, 0.3) is 0 Å². The van der Waals surface area contributed by atoms with Gasteiger partial charge in [0.1, 0.15) is 5.75 Å². The van der Waals surface area contributed by atoms with Gasteiger partial charge in [-0.15, -0.1) is 0 Å². The van der Waals surface area contributed by atoms with Crippen LogP contribution in [-0.4, -0.2) is 26.6 Å². The van der Waals surface area contributed by atoms with Gasteiger partial charge in [0, 0.05) is 23.1 Å². The standard InChI is InChI=1S/C20H19ClN2O2/c1-23(18-9-5-7-14-6-3-4-8-16(14)18)13-20(24)22-17-12-15(21)10-11-19(17)25-2/h3-12H,13H2,1-2H3,(H,22,24). The summed E-state index contributed by atoms with van der Waals surface area (Å²) in [4.78, 5) is 14.4. The lowest BCUT2D eigenvalue weighted by Crippen LogP contribution is -2.30. The molecule has 3 aromatic carbocycles.